The maximum atomic E-state index is 10.3. The summed E-state index contributed by atoms with van der Waals surface area (Å²) in [6, 6.07) is 0. The van der Waals surface area contributed by atoms with Crippen molar-refractivity contribution in [2.75, 3.05) is 0 Å². The van der Waals surface area contributed by atoms with Crippen LogP contribution in [-0.2, 0) is 23.5 Å². The number of hydrogen-bond donors (Lipinski definition) is 0. The molecule has 3 heteroatoms. The average Bonchev–Trinajstić information content (AvgIpc) is 2.26. The molecule has 0 N–H and O–H groups in total. The quantitative estimate of drug-likeness (QED) is 0.424. The second-order valence-electron chi connectivity index (χ2n) is 2.98. The first kappa shape index (κ1) is 11.2. The molecular weight excluding hydrogens is 220 g/mol. The van der Waals surface area contributed by atoms with Crippen molar-refractivity contribution in [3.63, 3.8) is 0 Å². The zero-order valence-electron chi connectivity index (χ0n) is 7.94. The second kappa shape index (κ2) is 6.59. The molecule has 0 heterocycles. The van der Waals surface area contributed by atoms with Crippen LogP contribution in [0.5, 0.6) is 0 Å². The molecule has 0 saturated heterocycles. The summed E-state index contributed by atoms with van der Waals surface area (Å²) in [5.41, 5.74) is 1.17. The van der Waals surface area contributed by atoms with Crippen molar-refractivity contribution < 1.29 is 23.5 Å². The topological polar surface area (TPSA) is 34.1 Å². The Bertz CT molecular complexity index is 288. The molecule has 1 rings (SSSR count). The Morgan fingerprint density at radius 1 is 1.36 bits per heavy atom. The summed E-state index contributed by atoms with van der Waals surface area (Å²) in [5, 5.41) is 1.90. The third kappa shape index (κ3) is 3.91. The fraction of sp³-hybridized carbons (Fsp3) is 0.455. The summed E-state index contributed by atoms with van der Waals surface area (Å²) >= 11 is -1.32. The molecule has 14 heavy (non-hydrogen) atoms. The Hall–Kier alpha value is -0.841. The summed E-state index contributed by atoms with van der Waals surface area (Å²) in [6.45, 7) is 0. The fourth-order valence-electron chi connectivity index (χ4n) is 1.25. The van der Waals surface area contributed by atoms with E-state index in [2.05, 4.69) is 17.9 Å². The van der Waals surface area contributed by atoms with Gasteiger partial charge in [0.2, 0.25) is 0 Å². The second-order valence-corrected chi connectivity index (χ2v) is 5.16. The van der Waals surface area contributed by atoms with Crippen molar-refractivity contribution in [3.05, 3.63) is 11.6 Å². The van der Waals surface area contributed by atoms with Crippen molar-refractivity contribution in [2.24, 2.45) is 0 Å². The van der Waals surface area contributed by atoms with Gasteiger partial charge in [0.1, 0.15) is 0 Å². The van der Waals surface area contributed by atoms with E-state index in [1.165, 1.54) is 18.4 Å². The van der Waals surface area contributed by atoms with Gasteiger partial charge in [0, 0.05) is 0 Å². The van der Waals surface area contributed by atoms with Gasteiger partial charge in [-0.2, -0.15) is 0 Å². The van der Waals surface area contributed by atoms with Gasteiger partial charge in [-0.1, -0.05) is 0 Å². The van der Waals surface area contributed by atoms with Gasteiger partial charge >= 0.3 is 88.4 Å². The molecule has 0 aliphatic heterocycles. The van der Waals surface area contributed by atoms with Crippen molar-refractivity contribution in [1.82, 2.24) is 0 Å². The predicted molar refractivity (Wildman–Crippen MR) is 52.6 cm³/mol. The number of allylic oxidation sites excluding steroid dienone is 2. The minimum atomic E-state index is -1.32. The standard InChI is InChI=1S/C9H11.2CHO.Fe/c1-2-6-9-7-4-3-5-8-9;2*1-2;/h7H,1,3-5,8H2;2*1H;. The molecular formula is C11H13FeO2. The Morgan fingerprint density at radius 2 is 2.14 bits per heavy atom. The maximum absolute atomic E-state index is 10.3. The van der Waals surface area contributed by atoms with Gasteiger partial charge in [0.15, 0.2) is 0 Å². The monoisotopic (exact) mass is 233 g/mol. The third-order valence-corrected chi connectivity index (χ3v) is 3.28. The van der Waals surface area contributed by atoms with E-state index in [9.17, 15) is 9.59 Å². The molecule has 1 aliphatic rings. The van der Waals surface area contributed by atoms with Gasteiger partial charge in [-0.05, 0) is 0 Å². The molecule has 0 unspecified atom stereocenters. The fourth-order valence-corrected chi connectivity index (χ4v) is 1.82. The van der Waals surface area contributed by atoms with Gasteiger partial charge < -0.3 is 0 Å². The van der Waals surface area contributed by atoms with Crippen LogP contribution < -0.4 is 0 Å². The van der Waals surface area contributed by atoms with E-state index in [4.69, 9.17) is 0 Å². The van der Waals surface area contributed by atoms with E-state index in [-0.39, 0.29) is 0 Å². The van der Waals surface area contributed by atoms with E-state index < -0.39 is 13.9 Å². The normalized spacial score (nSPS) is 16.0. The van der Waals surface area contributed by atoms with Crippen LogP contribution in [0.25, 0.3) is 0 Å². The van der Waals surface area contributed by atoms with E-state index in [1.807, 2.05) is 0 Å². The summed E-state index contributed by atoms with van der Waals surface area (Å²) in [6.07, 6.45) is 6.78. The van der Waals surface area contributed by atoms with E-state index in [1.54, 1.807) is 0 Å². The van der Waals surface area contributed by atoms with Gasteiger partial charge in [-0.25, -0.2) is 0 Å². The van der Waals surface area contributed by atoms with Crippen molar-refractivity contribution >= 4 is 10.4 Å². The molecule has 1 aliphatic carbocycles. The van der Waals surface area contributed by atoms with Gasteiger partial charge in [-0.15, -0.1) is 0 Å². The molecule has 0 saturated carbocycles. The minimum absolute atomic E-state index is 0.435. The number of hydrogen-bond acceptors (Lipinski definition) is 2. The summed E-state index contributed by atoms with van der Waals surface area (Å²) in [7, 11) is 0. The zero-order valence-corrected chi connectivity index (χ0v) is 9.04. The van der Waals surface area contributed by atoms with Gasteiger partial charge in [0.25, 0.3) is 0 Å². The van der Waals surface area contributed by atoms with Crippen molar-refractivity contribution in [2.45, 2.75) is 31.0 Å². The number of carbonyl (C=O) groups is 2. The first-order chi connectivity index (χ1) is 6.86. The summed E-state index contributed by atoms with van der Waals surface area (Å²) in [4.78, 5) is 20.7. The molecule has 0 spiro atoms. The molecule has 2 nitrogen and oxygen atoms in total. The summed E-state index contributed by atoms with van der Waals surface area (Å²) < 4.78 is 0. The predicted octanol–water partition coefficient (Wildman–Crippen LogP) is 1.91. The van der Waals surface area contributed by atoms with Crippen LogP contribution in [0.3, 0.4) is 0 Å². The molecule has 0 amide bonds. The first-order valence-electron chi connectivity index (χ1n) is 4.53. The van der Waals surface area contributed by atoms with Crippen molar-refractivity contribution in [1.29, 1.82) is 0 Å². The molecule has 77 valence electrons. The first-order valence-corrected chi connectivity index (χ1v) is 6.59. The molecule has 0 atom stereocenters. The van der Waals surface area contributed by atoms with Crippen LogP contribution in [0.15, 0.2) is 11.6 Å². The molecule has 0 aromatic rings. The van der Waals surface area contributed by atoms with E-state index in [0.29, 0.717) is 5.32 Å². The SMILES string of the molecule is O=[CH][Fe]([CH]=O)[CH2]C#CC1=CCCCC1. The Balaban J connectivity index is 2.42. The van der Waals surface area contributed by atoms with Crippen LogP contribution >= 0.6 is 0 Å². The zero-order chi connectivity index (χ0) is 10.2. The molecule has 0 fully saturated rings. The van der Waals surface area contributed by atoms with Crippen LogP contribution in [0.1, 0.15) is 25.7 Å². The third-order valence-electron chi connectivity index (χ3n) is 1.96. The van der Waals surface area contributed by atoms with Crippen molar-refractivity contribution in [3.8, 4) is 11.8 Å². The number of carbonyl (C=O) groups excluding carboxylic acids is 2. The van der Waals surface area contributed by atoms with Gasteiger partial charge in [-0.3, -0.25) is 0 Å². The van der Waals surface area contributed by atoms with E-state index >= 15 is 0 Å². The van der Waals surface area contributed by atoms with Crippen LogP contribution in [0.4, 0.5) is 0 Å². The van der Waals surface area contributed by atoms with Gasteiger partial charge in [0.05, 0.1) is 0 Å². The van der Waals surface area contributed by atoms with Crippen LogP contribution in [0, 0.1) is 11.8 Å². The molecule has 0 aromatic carbocycles. The Kier molecular flexibility index (Phi) is 5.29. The Labute approximate surface area is 88.6 Å². The average molecular weight is 233 g/mol. The molecule has 0 aromatic heterocycles. The number of rotatable bonds is 3. The van der Waals surface area contributed by atoms with E-state index in [0.717, 1.165) is 23.2 Å². The van der Waals surface area contributed by atoms with Crippen LogP contribution in [0.2, 0.25) is 5.32 Å². The molecule has 0 radical (unpaired) electrons. The van der Waals surface area contributed by atoms with Crippen LogP contribution in [-0.4, -0.2) is 10.4 Å². The Morgan fingerprint density at radius 3 is 2.71 bits per heavy atom. The molecule has 0 bridgehead atoms. The summed E-state index contributed by atoms with van der Waals surface area (Å²) in [5.74, 6) is 5.95.